The first-order chi connectivity index (χ1) is 8.58. The van der Waals surface area contributed by atoms with Crippen molar-refractivity contribution in [3.63, 3.8) is 0 Å². The summed E-state index contributed by atoms with van der Waals surface area (Å²) in [5.41, 5.74) is 0. The first-order valence-electron chi connectivity index (χ1n) is 7.02. The van der Waals surface area contributed by atoms with Crippen molar-refractivity contribution in [3.05, 3.63) is 12.7 Å². The second-order valence-electron chi connectivity index (χ2n) is 4.72. The molecule has 105 valence electrons. The van der Waals surface area contributed by atoms with Crippen molar-refractivity contribution in [1.82, 2.24) is 0 Å². The maximum absolute atomic E-state index is 10.6. The molecule has 0 bridgehead atoms. The molecule has 0 spiro atoms. The van der Waals surface area contributed by atoms with E-state index in [1.165, 1.54) is 36.2 Å². The van der Waals surface area contributed by atoms with Crippen molar-refractivity contribution in [2.24, 2.45) is 5.92 Å². The van der Waals surface area contributed by atoms with E-state index in [9.17, 15) is 4.79 Å². The molecule has 0 saturated carbocycles. The summed E-state index contributed by atoms with van der Waals surface area (Å²) in [5, 5.41) is 0. The molecule has 0 fully saturated rings. The number of unbranched alkanes of at least 4 members (excludes halogenated alkanes) is 3. The van der Waals surface area contributed by atoms with E-state index < -0.39 is 0 Å². The minimum absolute atomic E-state index is 0.316. The van der Waals surface area contributed by atoms with Crippen LogP contribution in [0.3, 0.4) is 0 Å². The summed E-state index contributed by atoms with van der Waals surface area (Å²) < 4.78 is 6.27. The number of carbonyl (C=O) groups excluding carboxylic acids is 1. The summed E-state index contributed by atoms with van der Waals surface area (Å²) in [7, 11) is 0. The Bertz CT molecular complexity index is 189. The van der Waals surface area contributed by atoms with Crippen molar-refractivity contribution in [2.75, 3.05) is 6.61 Å². The van der Waals surface area contributed by atoms with Crippen LogP contribution in [0.4, 0.5) is 0 Å². The van der Waals surface area contributed by atoms with Crippen LogP contribution in [0.15, 0.2) is 12.7 Å². The normalized spacial score (nSPS) is 9.61. The first-order valence-corrected chi connectivity index (χ1v) is 9.04. The molecular weight excluding hydrogens is 331 g/mol. The van der Waals surface area contributed by atoms with Crippen LogP contribution in [-0.4, -0.2) is 35.1 Å². The van der Waals surface area contributed by atoms with Crippen LogP contribution in [0, 0.1) is 5.92 Å². The van der Waals surface area contributed by atoms with E-state index >= 15 is 0 Å². The Balaban J connectivity index is 0. The van der Waals surface area contributed by atoms with Gasteiger partial charge < -0.3 is 4.74 Å². The van der Waals surface area contributed by atoms with E-state index in [-0.39, 0.29) is 5.97 Å². The van der Waals surface area contributed by atoms with Crippen LogP contribution in [0.25, 0.3) is 0 Å². The fourth-order valence-electron chi connectivity index (χ4n) is 1.24. The summed E-state index contributed by atoms with van der Waals surface area (Å²) in [6.45, 7) is 10.5. The van der Waals surface area contributed by atoms with Crippen molar-refractivity contribution >= 4 is 28.5 Å². The maximum atomic E-state index is 10.6. The van der Waals surface area contributed by atoms with Crippen LogP contribution in [0.1, 0.15) is 59.3 Å². The Morgan fingerprint density at radius 3 is 2.33 bits per heavy atom. The minimum atomic E-state index is -0.316. The first kappa shape index (κ1) is 20.3. The number of esters is 1. The van der Waals surface area contributed by atoms with Crippen molar-refractivity contribution < 1.29 is 9.53 Å². The average molecular weight is 360 g/mol. The molecule has 0 aliphatic rings. The SMILES string of the molecule is C=CC(=O)OCCCCCC(C)C.CCC[CH2][Sn]. The Morgan fingerprint density at radius 1 is 1.28 bits per heavy atom. The Labute approximate surface area is 127 Å². The molecule has 0 aliphatic carbocycles. The Hall–Kier alpha value is 0.00870. The molecule has 0 aromatic heterocycles. The van der Waals surface area contributed by atoms with Gasteiger partial charge in [0.2, 0.25) is 0 Å². The molecule has 0 heterocycles. The molecule has 2 nitrogen and oxygen atoms in total. The van der Waals surface area contributed by atoms with Crippen molar-refractivity contribution in [3.8, 4) is 0 Å². The standard InChI is InChI=1S/C11H20O2.C4H9.Sn/c1-4-11(12)13-9-7-5-6-8-10(2)3;1-3-4-2;/h4,10H,1,5-9H2,2-3H3;1,3-4H2,2H3;. The molecule has 18 heavy (non-hydrogen) atoms. The van der Waals surface area contributed by atoms with E-state index in [2.05, 4.69) is 27.4 Å². The molecule has 3 heteroatoms. The van der Waals surface area contributed by atoms with E-state index in [4.69, 9.17) is 4.74 Å². The van der Waals surface area contributed by atoms with Gasteiger partial charge in [0.15, 0.2) is 0 Å². The molecule has 0 aliphatic heterocycles. The van der Waals surface area contributed by atoms with E-state index in [1.54, 1.807) is 22.5 Å². The van der Waals surface area contributed by atoms with E-state index in [0.29, 0.717) is 6.61 Å². The van der Waals surface area contributed by atoms with Gasteiger partial charge in [-0.2, -0.15) is 0 Å². The molecular formula is C15H29O2Sn. The van der Waals surface area contributed by atoms with Gasteiger partial charge in [-0.15, -0.1) is 0 Å². The predicted molar refractivity (Wildman–Crippen MR) is 79.9 cm³/mol. The average Bonchev–Trinajstić information content (AvgIpc) is 2.34. The van der Waals surface area contributed by atoms with Gasteiger partial charge in [-0.25, -0.2) is 4.79 Å². The molecule has 3 radical (unpaired) electrons. The molecule has 0 amide bonds. The van der Waals surface area contributed by atoms with Gasteiger partial charge in [-0.3, -0.25) is 0 Å². The molecule has 0 aromatic carbocycles. The van der Waals surface area contributed by atoms with E-state index in [0.717, 1.165) is 18.8 Å². The quantitative estimate of drug-likeness (QED) is 0.265. The topological polar surface area (TPSA) is 26.3 Å². The predicted octanol–water partition coefficient (Wildman–Crippen LogP) is 4.31. The summed E-state index contributed by atoms with van der Waals surface area (Å²) >= 11 is 1.68. The van der Waals surface area contributed by atoms with Gasteiger partial charge in [0.05, 0.1) is 6.61 Å². The zero-order valence-corrected chi connectivity index (χ0v) is 15.2. The summed E-state index contributed by atoms with van der Waals surface area (Å²) in [4.78, 5) is 10.6. The van der Waals surface area contributed by atoms with Gasteiger partial charge in [-0.05, 0) is 12.3 Å². The van der Waals surface area contributed by atoms with Crippen LogP contribution in [0.5, 0.6) is 0 Å². The van der Waals surface area contributed by atoms with Crippen LogP contribution in [-0.2, 0) is 9.53 Å². The molecule has 0 saturated heterocycles. The van der Waals surface area contributed by atoms with E-state index in [1.807, 2.05) is 0 Å². The summed E-state index contributed by atoms with van der Waals surface area (Å²) in [5.74, 6) is 0.458. The van der Waals surface area contributed by atoms with Gasteiger partial charge in [0.25, 0.3) is 0 Å². The zero-order chi connectivity index (χ0) is 14.2. The number of ether oxygens (including phenoxy) is 1. The number of hydrogen-bond donors (Lipinski definition) is 0. The third kappa shape index (κ3) is 21.3. The Morgan fingerprint density at radius 2 is 1.94 bits per heavy atom. The second-order valence-corrected chi connectivity index (χ2v) is 6.15. The summed E-state index contributed by atoms with van der Waals surface area (Å²) in [6.07, 6.45) is 8.59. The van der Waals surface area contributed by atoms with Crippen LogP contribution < -0.4 is 0 Å². The third-order valence-corrected chi connectivity index (χ3v) is 3.38. The third-order valence-electron chi connectivity index (χ3n) is 2.37. The number of carbonyl (C=O) groups is 1. The van der Waals surface area contributed by atoms with Crippen molar-refractivity contribution in [1.29, 1.82) is 0 Å². The monoisotopic (exact) mass is 361 g/mol. The molecule has 0 N–H and O–H groups in total. The molecule has 0 atom stereocenters. The number of rotatable bonds is 9. The molecule has 0 aromatic rings. The fourth-order valence-corrected chi connectivity index (χ4v) is 2.25. The fraction of sp³-hybridized carbons (Fsp3) is 0.800. The number of hydrogen-bond acceptors (Lipinski definition) is 2. The van der Waals surface area contributed by atoms with Crippen LogP contribution in [0.2, 0.25) is 4.44 Å². The zero-order valence-electron chi connectivity index (χ0n) is 12.3. The van der Waals surface area contributed by atoms with Gasteiger partial charge in [0, 0.05) is 6.08 Å². The van der Waals surface area contributed by atoms with Gasteiger partial charge in [0.1, 0.15) is 0 Å². The van der Waals surface area contributed by atoms with Crippen molar-refractivity contribution in [2.45, 2.75) is 63.7 Å². The van der Waals surface area contributed by atoms with Crippen LogP contribution >= 0.6 is 0 Å². The molecule has 0 unspecified atom stereocenters. The summed E-state index contributed by atoms with van der Waals surface area (Å²) in [6, 6.07) is 0. The second kappa shape index (κ2) is 17.0. The van der Waals surface area contributed by atoms with Gasteiger partial charge in [-0.1, -0.05) is 39.7 Å². The molecule has 0 rings (SSSR count). The van der Waals surface area contributed by atoms with Gasteiger partial charge >= 0.3 is 52.7 Å². The Kier molecular flexibility index (Phi) is 19.2.